The lowest BCUT2D eigenvalue weighted by molar-refractivity contribution is -0.433. The van der Waals surface area contributed by atoms with Gasteiger partial charge in [0.2, 0.25) is 40.4 Å². The molecule has 0 aliphatic carbocycles. The van der Waals surface area contributed by atoms with Crippen LogP contribution >= 0.6 is 23.7 Å². The number of aliphatic hydroxyl groups is 8. The number of methoxy groups -OCH3 is 1. The van der Waals surface area contributed by atoms with Crippen LogP contribution in [0.4, 0.5) is 0 Å². The maximum Gasteiger partial charge on any atom is 0.261 e. The molecule has 3 saturated heterocycles. The topological polar surface area (TPSA) is 480 Å². The molecule has 3 aromatic carbocycles. The second kappa shape index (κ2) is 37.6. The molecule has 3 fully saturated rings. The fraction of sp³-hybridized carbons (Fsp3) is 0.537. The molecule has 0 bridgehead atoms. The van der Waals surface area contributed by atoms with Crippen LogP contribution in [0.5, 0.6) is 17.2 Å². The number of aliphatic hydroxyl groups excluding tert-OH is 8. The highest BCUT2D eigenvalue weighted by Gasteiger charge is 2.50. The van der Waals surface area contributed by atoms with E-state index < -0.39 is 184 Å². The number of nitrogens with zero attached hydrogens (tertiary/aromatic N) is 6. The molecule has 0 saturated carbocycles. The van der Waals surface area contributed by atoms with Gasteiger partial charge in [0.15, 0.2) is 11.5 Å². The van der Waals surface area contributed by atoms with Crippen molar-refractivity contribution < 1.29 is 108 Å². The number of β-amino-alcohol motifs (C(OH)–C–C–N with tert-alkyl or cyclic N) is 1. The maximum atomic E-state index is 15.0. The number of benzene rings is 3. The molecule has 4 aliphatic heterocycles. The number of rotatable bonds is 28. The number of aromatic nitrogens is 3. The molecule has 0 radical (unpaired) electrons. The number of imidazole rings is 1. The molecular formula is C67H90N12O22S2. The lowest BCUT2D eigenvalue weighted by Gasteiger charge is -2.34. The first-order valence-electron chi connectivity index (χ1n) is 33.9. The highest BCUT2D eigenvalue weighted by Crippen LogP contribution is 2.34. The van der Waals surface area contributed by atoms with Gasteiger partial charge in [0.05, 0.1) is 67.8 Å². The Labute approximate surface area is 600 Å². The van der Waals surface area contributed by atoms with Gasteiger partial charge in [0, 0.05) is 94.7 Å². The smallest absolute Gasteiger partial charge is 0.261 e. The number of hydrogen-bond donors (Lipinski definition) is 16. The third kappa shape index (κ3) is 20.9. The van der Waals surface area contributed by atoms with Crippen LogP contribution in [0.1, 0.15) is 81.1 Å². The van der Waals surface area contributed by atoms with E-state index >= 15 is 4.79 Å². The number of aromatic hydroxyl groups is 1. The van der Waals surface area contributed by atoms with Gasteiger partial charge in [-0.05, 0) is 99.4 Å². The summed E-state index contributed by atoms with van der Waals surface area (Å²) in [5, 5.41) is 132. The Bertz CT molecular complexity index is 3680. The Balaban J connectivity index is 0.942. The monoisotopic (exact) mass is 1480 g/mol. The van der Waals surface area contributed by atoms with Crippen molar-refractivity contribution in [1.29, 1.82) is 0 Å². The number of hydrogen-bond acceptors (Lipinski definition) is 28. The predicted molar refractivity (Wildman–Crippen MR) is 368 cm³/mol. The van der Waals surface area contributed by atoms with Crippen molar-refractivity contribution in [3.05, 3.63) is 95.9 Å². The average Bonchev–Trinajstić information content (AvgIpc) is 1.65. The molecule has 16 N–H and O–H groups in total. The van der Waals surface area contributed by atoms with E-state index in [2.05, 4.69) is 52.2 Å². The quantitative estimate of drug-likeness (QED) is 0.0119. The summed E-state index contributed by atoms with van der Waals surface area (Å²) in [5.74, 6) is -8.01. The molecule has 0 spiro atoms. The summed E-state index contributed by atoms with van der Waals surface area (Å²) in [5.41, 5.74) is 2.06. The van der Waals surface area contributed by atoms with Crippen molar-refractivity contribution in [3.63, 3.8) is 0 Å². The number of unbranched alkanes of at least 4 members (excludes halogenated alkanes) is 3. The average molecular weight is 1480 g/mol. The van der Waals surface area contributed by atoms with E-state index in [9.17, 15) is 74.7 Å². The summed E-state index contributed by atoms with van der Waals surface area (Å²) < 4.78 is 22.4. The van der Waals surface area contributed by atoms with E-state index in [-0.39, 0.29) is 42.3 Å². The van der Waals surface area contributed by atoms with Gasteiger partial charge in [-0.15, -0.1) is 0 Å². The lowest BCUT2D eigenvalue weighted by Crippen LogP contribution is -2.64. The van der Waals surface area contributed by atoms with E-state index in [4.69, 9.17) is 29.0 Å². The minimum Gasteiger partial charge on any atom is -0.504 e. The molecule has 6 heterocycles. The first kappa shape index (κ1) is 79.1. The minimum atomic E-state index is -2.17. The Kier molecular flexibility index (Phi) is 28.9. The number of amides is 7. The fourth-order valence-electron chi connectivity index (χ4n) is 12.6. The van der Waals surface area contributed by atoms with Crippen molar-refractivity contribution in [1.82, 2.24) is 61.2 Å². The van der Waals surface area contributed by atoms with Crippen LogP contribution in [0.2, 0.25) is 0 Å². The molecule has 36 heteroatoms. The number of nitrogens with one attached hydrogen (secondary N) is 6. The molecule has 562 valence electrons. The van der Waals surface area contributed by atoms with Crippen molar-refractivity contribution in [3.8, 4) is 39.1 Å². The summed E-state index contributed by atoms with van der Waals surface area (Å²) in [6.45, 7) is 3.27. The van der Waals surface area contributed by atoms with E-state index in [0.29, 0.717) is 27.0 Å². The molecule has 2 aromatic heterocycles. The molecule has 9 rings (SSSR count). The standard InChI is InChI=1S/C67H90N12O22S2/c1-36-31-78-57(58(36)88)63(93)69-30-43(83)28-47(70-59(89)40-11-9-39(10-12-40)48-33-79-67(71-48)102-64(75-79)41-13-15-45(16-14-41)98-46-19-23-76(24-20-46)22-6-4-5-7-25-97-3)60(90)72-54(37(2)82)65(94)77-32-44(84)29-49(77)61(91)73-55(52(87)26-38-8-17-50(85)53(27-38)99-103-101-100-96)62(92)74-56(66(78)95)51(86)18-21-68-42(34-80)35-81/h8-17,19,27,33,36-37,42-44,47,49,51-52,54-58,68,80-88,96H,4-7,18,20-26,28-32,34-35H2,1-3H3,(H,69,93)(H,70,89)(H,72,90)(H,73,91)(H,74,92)/t36-,37+,43+,44+,47-,49-,51+,52+,54-,55-,56-,57-,58-/m0/s1. The van der Waals surface area contributed by atoms with Gasteiger partial charge in [-0.3, -0.25) is 38.5 Å². The van der Waals surface area contributed by atoms with Gasteiger partial charge in [-0.2, -0.15) is 5.10 Å². The van der Waals surface area contributed by atoms with Crippen LogP contribution in [-0.4, -0.2) is 274 Å². The molecule has 7 amide bonds. The van der Waals surface area contributed by atoms with E-state index in [1.807, 2.05) is 24.3 Å². The second-order valence-electron chi connectivity index (χ2n) is 26.0. The molecular weight excluding hydrogens is 1390 g/mol. The van der Waals surface area contributed by atoms with Crippen LogP contribution in [0, 0.1) is 5.92 Å². The van der Waals surface area contributed by atoms with Crippen LogP contribution in [0.3, 0.4) is 0 Å². The van der Waals surface area contributed by atoms with Crippen LogP contribution < -0.4 is 40.8 Å². The molecule has 0 unspecified atom stereocenters. The second-order valence-corrected chi connectivity index (χ2v) is 27.4. The highest BCUT2D eigenvalue weighted by molar-refractivity contribution is 7.90. The number of carbonyl (C=O) groups is 7. The number of phenols is 1. The van der Waals surface area contributed by atoms with Crippen LogP contribution in [0.15, 0.2) is 84.8 Å². The van der Waals surface area contributed by atoms with Gasteiger partial charge >= 0.3 is 0 Å². The number of carbonyl (C=O) groups excluding carboxylic acids is 7. The number of fused-ring (bicyclic) bond motifs is 3. The summed E-state index contributed by atoms with van der Waals surface area (Å²) in [6, 6.07) is 4.96. The third-order valence-corrected chi connectivity index (χ3v) is 19.7. The van der Waals surface area contributed by atoms with E-state index in [1.54, 1.807) is 30.0 Å². The zero-order valence-electron chi connectivity index (χ0n) is 56.9. The Morgan fingerprint density at radius 1 is 0.806 bits per heavy atom. The van der Waals surface area contributed by atoms with Crippen molar-refractivity contribution >= 4 is 70.0 Å². The Morgan fingerprint density at radius 2 is 1.51 bits per heavy atom. The highest BCUT2D eigenvalue weighted by atomic mass is 32.2. The Morgan fingerprint density at radius 3 is 2.20 bits per heavy atom. The maximum absolute atomic E-state index is 15.0. The SMILES string of the molecule is COCCCCCCN1CC=C(Oc2ccc(-c3nn4cc(-c5ccc(C(=O)N[C@H]6C[C@@H](O)CNC(=O)[C@@H]7[C@@H](O)[C@@H](C)CN7C(=O)[C@H]([C@H](O)CCNC(CO)CO)NC(=O)[C@H]([C@H](O)Cc7ccc(O)c(OSOOO)c7)NC(=O)[C@@H]7C[C@@H](O)CN7C(=O)[C@H]([C@@H](C)O)NC6=O)cc5)nc4s3)cc2)CC1. The zero-order valence-corrected chi connectivity index (χ0v) is 58.5. The number of phenolic OH excluding ortho intramolecular Hbond substituents is 1. The predicted octanol–water partition coefficient (Wildman–Crippen LogP) is -1.35. The number of ether oxygens (including phenoxy) is 2. The van der Waals surface area contributed by atoms with Crippen molar-refractivity contribution in [2.75, 3.05) is 72.7 Å². The van der Waals surface area contributed by atoms with E-state index in [0.717, 1.165) is 92.1 Å². The van der Waals surface area contributed by atoms with Crippen LogP contribution in [0.25, 0.3) is 26.8 Å². The Hall–Kier alpha value is -8.02. The minimum absolute atomic E-state index is 0.00548. The van der Waals surface area contributed by atoms with Gasteiger partial charge in [0.25, 0.3) is 18.2 Å². The molecule has 34 nitrogen and oxygen atoms in total. The van der Waals surface area contributed by atoms with Crippen LogP contribution in [-0.2, 0) is 49.3 Å². The summed E-state index contributed by atoms with van der Waals surface area (Å²) in [6.07, 6.45) is -3.48. The first-order chi connectivity index (χ1) is 49.5. The van der Waals surface area contributed by atoms with Gasteiger partial charge < -0.3 is 101 Å². The summed E-state index contributed by atoms with van der Waals surface area (Å²) in [7, 11) is 1.73. The largest absolute Gasteiger partial charge is 0.504 e. The van der Waals surface area contributed by atoms with Crippen molar-refractivity contribution in [2.45, 2.75) is 151 Å². The van der Waals surface area contributed by atoms with Gasteiger partial charge in [-0.1, -0.05) is 58.7 Å². The third-order valence-electron chi connectivity index (χ3n) is 18.4. The van der Waals surface area contributed by atoms with Gasteiger partial charge in [-0.25, -0.2) is 14.8 Å². The normalized spacial score (nSPS) is 24.5. The van der Waals surface area contributed by atoms with E-state index in [1.165, 1.54) is 42.9 Å². The van der Waals surface area contributed by atoms with Crippen molar-refractivity contribution in [2.24, 2.45) is 5.92 Å². The summed E-state index contributed by atoms with van der Waals surface area (Å²) >= 11 is 1.42. The fourth-order valence-corrected chi connectivity index (χ4v) is 13.8. The first-order valence-corrected chi connectivity index (χ1v) is 35.4. The lowest BCUT2D eigenvalue weighted by atomic mass is 9.98. The molecule has 13 atom stereocenters. The van der Waals surface area contributed by atoms with Gasteiger partial charge in [0.1, 0.15) is 52.8 Å². The zero-order chi connectivity index (χ0) is 74.0. The molecule has 5 aromatic rings. The molecule has 4 aliphatic rings. The molecule has 103 heavy (non-hydrogen) atoms. The summed E-state index contributed by atoms with van der Waals surface area (Å²) in [4.78, 5) is 112.